The van der Waals surface area contributed by atoms with Gasteiger partial charge in [-0.2, -0.15) is 0 Å². The predicted molar refractivity (Wildman–Crippen MR) is 78.7 cm³/mol. The summed E-state index contributed by atoms with van der Waals surface area (Å²) in [5, 5.41) is 16.7. The van der Waals surface area contributed by atoms with Crippen LogP contribution in [0.1, 0.15) is 26.5 Å². The molecule has 0 atom stereocenters. The van der Waals surface area contributed by atoms with Crippen LogP contribution in [0.5, 0.6) is 0 Å². The van der Waals surface area contributed by atoms with Gasteiger partial charge in [-0.25, -0.2) is 4.68 Å². The molecular weight excluding hydrogens is 270 g/mol. The first kappa shape index (κ1) is 15.9. The van der Waals surface area contributed by atoms with Gasteiger partial charge in [-0.1, -0.05) is 5.21 Å². The van der Waals surface area contributed by atoms with Crippen LogP contribution in [0, 0.1) is 0 Å². The van der Waals surface area contributed by atoms with Crippen LogP contribution in [0.25, 0.3) is 0 Å². The summed E-state index contributed by atoms with van der Waals surface area (Å²) < 4.78 is 1.55. The molecule has 118 valence electrons. The molecule has 2 heterocycles. The van der Waals surface area contributed by atoms with E-state index in [0.29, 0.717) is 12.1 Å². The Morgan fingerprint density at radius 3 is 2.52 bits per heavy atom. The predicted octanol–water partition coefficient (Wildman–Crippen LogP) is -0.244. The highest BCUT2D eigenvalue weighted by atomic mass is 16.3. The summed E-state index contributed by atoms with van der Waals surface area (Å²) in [6.07, 6.45) is 2.19. The number of carbonyl (C=O) groups is 1. The third-order valence-corrected chi connectivity index (χ3v) is 3.83. The molecule has 7 heteroatoms. The largest absolute Gasteiger partial charge is 0.396 e. The number of hydrogen-bond acceptors (Lipinski definition) is 5. The average Bonchev–Trinajstić information content (AvgIpc) is 2.86. The number of aliphatic hydroxyl groups is 1. The van der Waals surface area contributed by atoms with E-state index in [-0.39, 0.29) is 24.6 Å². The maximum atomic E-state index is 12.3. The van der Waals surface area contributed by atoms with Crippen molar-refractivity contribution in [1.29, 1.82) is 0 Å². The highest BCUT2D eigenvalue weighted by Gasteiger charge is 2.27. The van der Waals surface area contributed by atoms with Gasteiger partial charge in [-0.15, -0.1) is 5.10 Å². The Morgan fingerprint density at radius 2 is 1.95 bits per heavy atom. The van der Waals surface area contributed by atoms with Crippen molar-refractivity contribution in [3.8, 4) is 0 Å². The number of rotatable bonds is 4. The third kappa shape index (κ3) is 4.25. The van der Waals surface area contributed by atoms with E-state index in [1.165, 1.54) is 0 Å². The zero-order valence-electron chi connectivity index (χ0n) is 13.1. The number of hydrogen-bond donors (Lipinski definition) is 1. The normalized spacial score (nSPS) is 17.2. The third-order valence-electron chi connectivity index (χ3n) is 3.83. The number of amides is 1. The second-order valence-electron chi connectivity index (χ2n) is 6.42. The van der Waals surface area contributed by atoms with Gasteiger partial charge in [-0.3, -0.25) is 9.69 Å². The van der Waals surface area contributed by atoms with Crippen molar-refractivity contribution in [1.82, 2.24) is 24.8 Å². The molecule has 0 radical (unpaired) electrons. The van der Waals surface area contributed by atoms with Gasteiger partial charge in [0.1, 0.15) is 6.54 Å². The standard InChI is InChI=1S/C14H25N5O2/c1-14(2,3)18-7-5-17(6-8-18)13(21)11-19-10-12(4-9-20)15-16-19/h10,20H,4-9,11H2,1-3H3. The lowest BCUT2D eigenvalue weighted by atomic mass is 10.1. The van der Waals surface area contributed by atoms with Gasteiger partial charge in [0, 0.05) is 50.9 Å². The summed E-state index contributed by atoms with van der Waals surface area (Å²) in [6, 6.07) is 0. The van der Waals surface area contributed by atoms with Crippen molar-refractivity contribution in [3.63, 3.8) is 0 Å². The van der Waals surface area contributed by atoms with Crippen LogP contribution in [-0.4, -0.2) is 74.1 Å². The molecule has 0 saturated carbocycles. The minimum absolute atomic E-state index is 0.0431. The Hall–Kier alpha value is -1.47. The van der Waals surface area contributed by atoms with E-state index in [1.807, 2.05) is 4.90 Å². The molecule has 0 aliphatic carbocycles. The van der Waals surface area contributed by atoms with Crippen LogP contribution in [0.4, 0.5) is 0 Å². The van der Waals surface area contributed by atoms with Crippen molar-refractivity contribution >= 4 is 5.91 Å². The van der Waals surface area contributed by atoms with Crippen LogP contribution >= 0.6 is 0 Å². The molecule has 21 heavy (non-hydrogen) atoms. The molecular formula is C14H25N5O2. The second kappa shape index (κ2) is 6.53. The maximum Gasteiger partial charge on any atom is 0.244 e. The molecule has 1 N–H and O–H groups in total. The Kier molecular flexibility index (Phi) is 4.95. The van der Waals surface area contributed by atoms with Crippen LogP contribution in [0.2, 0.25) is 0 Å². The lowest BCUT2D eigenvalue weighted by molar-refractivity contribution is -0.134. The fraction of sp³-hybridized carbons (Fsp3) is 0.786. The smallest absolute Gasteiger partial charge is 0.244 e. The van der Waals surface area contributed by atoms with E-state index in [9.17, 15) is 4.79 Å². The molecule has 1 aliphatic rings. The van der Waals surface area contributed by atoms with Crippen molar-refractivity contribution in [2.75, 3.05) is 32.8 Å². The van der Waals surface area contributed by atoms with Gasteiger partial charge < -0.3 is 10.0 Å². The lowest BCUT2D eigenvalue weighted by Gasteiger charge is -2.42. The van der Waals surface area contributed by atoms with Gasteiger partial charge >= 0.3 is 0 Å². The summed E-state index contributed by atoms with van der Waals surface area (Å²) in [7, 11) is 0. The first-order valence-corrected chi connectivity index (χ1v) is 7.43. The van der Waals surface area contributed by atoms with E-state index in [1.54, 1.807) is 10.9 Å². The molecule has 1 fully saturated rings. The van der Waals surface area contributed by atoms with Crippen molar-refractivity contribution in [2.24, 2.45) is 0 Å². The topological polar surface area (TPSA) is 74.5 Å². The van der Waals surface area contributed by atoms with Crippen molar-refractivity contribution in [2.45, 2.75) is 39.3 Å². The molecule has 0 unspecified atom stereocenters. The number of carbonyl (C=O) groups excluding carboxylic acids is 1. The van der Waals surface area contributed by atoms with Crippen molar-refractivity contribution < 1.29 is 9.90 Å². The monoisotopic (exact) mass is 295 g/mol. The quantitative estimate of drug-likeness (QED) is 0.829. The lowest BCUT2D eigenvalue weighted by Crippen LogP contribution is -2.55. The van der Waals surface area contributed by atoms with E-state index in [4.69, 9.17) is 5.11 Å². The first-order chi connectivity index (χ1) is 9.90. The van der Waals surface area contributed by atoms with Gasteiger partial charge in [0.25, 0.3) is 0 Å². The van der Waals surface area contributed by atoms with E-state index in [0.717, 1.165) is 26.2 Å². The van der Waals surface area contributed by atoms with E-state index >= 15 is 0 Å². The fourth-order valence-electron chi connectivity index (χ4n) is 2.51. The molecule has 0 spiro atoms. The summed E-state index contributed by atoms with van der Waals surface area (Å²) in [6.45, 7) is 10.2. The Morgan fingerprint density at radius 1 is 1.29 bits per heavy atom. The maximum absolute atomic E-state index is 12.3. The summed E-state index contributed by atoms with van der Waals surface area (Å²) in [5.74, 6) is 0.0732. The molecule has 1 aliphatic heterocycles. The number of piperazine rings is 1. The summed E-state index contributed by atoms with van der Waals surface area (Å²) in [4.78, 5) is 16.5. The SMILES string of the molecule is CC(C)(C)N1CCN(C(=O)Cn2cc(CCO)nn2)CC1. The molecule has 1 aromatic heterocycles. The Labute approximate surface area is 125 Å². The zero-order chi connectivity index (χ0) is 15.5. The fourth-order valence-corrected chi connectivity index (χ4v) is 2.51. The molecule has 0 aromatic carbocycles. The van der Waals surface area contributed by atoms with Gasteiger partial charge in [0.05, 0.1) is 5.69 Å². The van der Waals surface area contributed by atoms with Crippen LogP contribution in [0.15, 0.2) is 6.20 Å². The zero-order valence-corrected chi connectivity index (χ0v) is 13.1. The van der Waals surface area contributed by atoms with Crippen LogP contribution in [-0.2, 0) is 17.8 Å². The molecule has 1 aromatic rings. The number of aliphatic hydroxyl groups excluding tert-OH is 1. The molecule has 7 nitrogen and oxygen atoms in total. The highest BCUT2D eigenvalue weighted by Crippen LogP contribution is 2.15. The molecule has 1 saturated heterocycles. The summed E-state index contributed by atoms with van der Waals surface area (Å²) >= 11 is 0. The average molecular weight is 295 g/mol. The second-order valence-corrected chi connectivity index (χ2v) is 6.42. The number of nitrogens with zero attached hydrogens (tertiary/aromatic N) is 5. The van der Waals surface area contributed by atoms with Crippen LogP contribution in [0.3, 0.4) is 0 Å². The van der Waals surface area contributed by atoms with Crippen molar-refractivity contribution in [3.05, 3.63) is 11.9 Å². The van der Waals surface area contributed by atoms with E-state index in [2.05, 4.69) is 36.0 Å². The summed E-state index contributed by atoms with van der Waals surface area (Å²) in [5.41, 5.74) is 0.864. The molecule has 1 amide bonds. The minimum atomic E-state index is 0.0431. The minimum Gasteiger partial charge on any atom is -0.396 e. The Balaban J connectivity index is 1.84. The van der Waals surface area contributed by atoms with Gasteiger partial charge in [0.2, 0.25) is 5.91 Å². The molecule has 0 bridgehead atoms. The van der Waals surface area contributed by atoms with Gasteiger partial charge in [-0.05, 0) is 20.8 Å². The van der Waals surface area contributed by atoms with Gasteiger partial charge in [0.15, 0.2) is 0 Å². The highest BCUT2D eigenvalue weighted by molar-refractivity contribution is 5.76. The Bertz CT molecular complexity index is 472. The van der Waals surface area contributed by atoms with Crippen LogP contribution < -0.4 is 0 Å². The van der Waals surface area contributed by atoms with E-state index < -0.39 is 0 Å². The number of aromatic nitrogens is 3. The first-order valence-electron chi connectivity index (χ1n) is 7.43. The molecule has 2 rings (SSSR count).